The lowest BCUT2D eigenvalue weighted by molar-refractivity contribution is -0.143. The number of rotatable bonds is 12. The maximum absolute atomic E-state index is 13.5. The molecule has 10 nitrogen and oxygen atoms in total. The molecule has 42 heavy (non-hydrogen) atoms. The number of nitrogens with zero attached hydrogens (tertiary/aromatic N) is 1. The Morgan fingerprint density at radius 1 is 0.786 bits per heavy atom. The number of aliphatic carboxylic acids is 1. The molecule has 4 rings (SSSR count). The molecule has 10 heteroatoms. The van der Waals surface area contributed by atoms with Crippen LogP contribution in [0, 0.1) is 0 Å². The quantitative estimate of drug-likeness (QED) is 0.221. The molecule has 3 aromatic carbocycles. The van der Waals surface area contributed by atoms with Crippen molar-refractivity contribution in [1.29, 1.82) is 0 Å². The summed E-state index contributed by atoms with van der Waals surface area (Å²) in [4.78, 5) is 53.7. The van der Waals surface area contributed by atoms with Crippen molar-refractivity contribution in [2.45, 2.75) is 56.3 Å². The van der Waals surface area contributed by atoms with E-state index in [2.05, 4.69) is 10.6 Å². The molecular formula is C32H36N4O6. The van der Waals surface area contributed by atoms with Crippen molar-refractivity contribution >= 4 is 23.7 Å². The minimum atomic E-state index is -1.27. The van der Waals surface area contributed by atoms with Gasteiger partial charge in [-0.25, -0.2) is 4.79 Å². The zero-order valence-electron chi connectivity index (χ0n) is 23.2. The molecule has 1 saturated heterocycles. The monoisotopic (exact) mass is 572 g/mol. The lowest BCUT2D eigenvalue weighted by Crippen LogP contribution is -2.57. The number of aromatic hydroxyl groups is 1. The molecule has 1 aliphatic rings. The highest BCUT2D eigenvalue weighted by Gasteiger charge is 2.38. The fourth-order valence-electron chi connectivity index (χ4n) is 5.14. The van der Waals surface area contributed by atoms with Crippen LogP contribution in [-0.4, -0.2) is 69.5 Å². The molecule has 0 aromatic heterocycles. The van der Waals surface area contributed by atoms with E-state index in [1.54, 1.807) is 12.1 Å². The van der Waals surface area contributed by atoms with Gasteiger partial charge in [0.15, 0.2) is 0 Å². The normalized spacial score (nSPS) is 16.7. The zero-order chi connectivity index (χ0) is 30.1. The first-order chi connectivity index (χ1) is 20.2. The van der Waals surface area contributed by atoms with Gasteiger partial charge in [0.05, 0.1) is 6.04 Å². The summed E-state index contributed by atoms with van der Waals surface area (Å²) in [6.07, 6.45) is 1.48. The van der Waals surface area contributed by atoms with Crippen molar-refractivity contribution in [3.05, 3.63) is 102 Å². The van der Waals surface area contributed by atoms with Gasteiger partial charge in [-0.15, -0.1) is 0 Å². The van der Waals surface area contributed by atoms with Crippen molar-refractivity contribution < 1.29 is 29.4 Å². The Labute approximate surface area is 244 Å². The van der Waals surface area contributed by atoms with Gasteiger partial charge in [-0.3, -0.25) is 14.4 Å². The minimum Gasteiger partial charge on any atom is -0.508 e. The molecule has 0 aliphatic carbocycles. The number of phenols is 1. The molecule has 0 bridgehead atoms. The first-order valence-electron chi connectivity index (χ1n) is 14.0. The minimum absolute atomic E-state index is 0.0163. The van der Waals surface area contributed by atoms with Gasteiger partial charge < -0.3 is 31.5 Å². The molecule has 4 atom stereocenters. The van der Waals surface area contributed by atoms with Gasteiger partial charge in [0.25, 0.3) is 0 Å². The van der Waals surface area contributed by atoms with E-state index in [1.165, 1.54) is 17.0 Å². The third kappa shape index (κ3) is 8.17. The smallest absolute Gasteiger partial charge is 0.326 e. The average Bonchev–Trinajstić information content (AvgIpc) is 3.48. The van der Waals surface area contributed by atoms with Crippen LogP contribution < -0.4 is 16.4 Å². The van der Waals surface area contributed by atoms with E-state index in [0.29, 0.717) is 31.4 Å². The van der Waals surface area contributed by atoms with E-state index in [4.69, 9.17) is 5.73 Å². The summed E-state index contributed by atoms with van der Waals surface area (Å²) < 4.78 is 0. The molecule has 3 amide bonds. The summed E-state index contributed by atoms with van der Waals surface area (Å²) in [7, 11) is 0. The molecule has 0 saturated carbocycles. The molecule has 3 aromatic rings. The maximum Gasteiger partial charge on any atom is 0.326 e. The molecular weight excluding hydrogens is 536 g/mol. The third-order valence-electron chi connectivity index (χ3n) is 7.36. The van der Waals surface area contributed by atoms with E-state index in [0.717, 1.165) is 11.1 Å². The van der Waals surface area contributed by atoms with Gasteiger partial charge in [-0.05, 0) is 48.1 Å². The molecule has 4 unspecified atom stereocenters. The summed E-state index contributed by atoms with van der Waals surface area (Å²) in [5.41, 5.74) is 8.53. The second-order valence-electron chi connectivity index (χ2n) is 10.5. The summed E-state index contributed by atoms with van der Waals surface area (Å²) in [6.45, 7) is 0.378. The topological polar surface area (TPSA) is 162 Å². The highest BCUT2D eigenvalue weighted by molar-refractivity contribution is 5.94. The summed E-state index contributed by atoms with van der Waals surface area (Å²) in [5.74, 6) is -2.67. The Hall–Kier alpha value is -4.70. The first kappa shape index (κ1) is 30.3. The predicted octanol–water partition coefficient (Wildman–Crippen LogP) is 1.79. The molecule has 220 valence electrons. The van der Waals surface area contributed by atoms with Crippen molar-refractivity contribution in [2.75, 3.05) is 6.54 Å². The lowest BCUT2D eigenvalue weighted by Gasteiger charge is -2.29. The number of carboxylic acid groups (broad SMARTS) is 1. The Bertz CT molecular complexity index is 1370. The number of carboxylic acids is 1. The van der Waals surface area contributed by atoms with Gasteiger partial charge >= 0.3 is 5.97 Å². The number of carbonyl (C=O) groups excluding carboxylic acids is 3. The summed E-state index contributed by atoms with van der Waals surface area (Å²) in [6, 6.07) is 20.5. The van der Waals surface area contributed by atoms with Crippen LogP contribution in [0.1, 0.15) is 29.5 Å². The maximum atomic E-state index is 13.5. The van der Waals surface area contributed by atoms with Crippen molar-refractivity contribution in [3.63, 3.8) is 0 Å². The van der Waals surface area contributed by atoms with Gasteiger partial charge in [-0.2, -0.15) is 0 Å². The number of likely N-dealkylation sites (tertiary alicyclic amines) is 1. The van der Waals surface area contributed by atoms with Crippen LogP contribution in [0.5, 0.6) is 5.75 Å². The van der Waals surface area contributed by atoms with Crippen LogP contribution in [0.4, 0.5) is 0 Å². The van der Waals surface area contributed by atoms with Crippen LogP contribution in [0.3, 0.4) is 0 Å². The first-order valence-corrected chi connectivity index (χ1v) is 14.0. The summed E-state index contributed by atoms with van der Waals surface area (Å²) in [5, 5.41) is 24.7. The number of amides is 3. The van der Waals surface area contributed by atoms with Gasteiger partial charge in [0.2, 0.25) is 17.7 Å². The van der Waals surface area contributed by atoms with Crippen molar-refractivity contribution in [2.24, 2.45) is 5.73 Å². The number of nitrogens with one attached hydrogen (secondary N) is 2. The Morgan fingerprint density at radius 2 is 1.33 bits per heavy atom. The molecule has 1 heterocycles. The number of phenolic OH excluding ortho intramolecular Hbond substituents is 1. The molecule has 6 N–H and O–H groups in total. The van der Waals surface area contributed by atoms with Crippen LogP contribution in [0.25, 0.3) is 0 Å². The van der Waals surface area contributed by atoms with E-state index < -0.39 is 42.0 Å². The number of carbonyl (C=O) groups is 4. The number of nitrogens with two attached hydrogens (primary N) is 1. The molecule has 1 aliphatic heterocycles. The van der Waals surface area contributed by atoms with Crippen LogP contribution in [-0.2, 0) is 38.4 Å². The van der Waals surface area contributed by atoms with E-state index >= 15 is 0 Å². The number of hydrogen-bond donors (Lipinski definition) is 5. The van der Waals surface area contributed by atoms with Crippen LogP contribution >= 0.6 is 0 Å². The van der Waals surface area contributed by atoms with E-state index in [-0.39, 0.29) is 24.5 Å². The zero-order valence-corrected chi connectivity index (χ0v) is 23.2. The number of hydrogen-bond acceptors (Lipinski definition) is 6. The standard InChI is InChI=1S/C32H36N4O6/c33-25(18-21-8-3-1-4-9-21)31(40)36-17-7-12-28(36)30(39)34-26(19-22-10-5-2-6-11-22)29(38)35-27(32(41)42)20-23-13-15-24(37)16-14-23/h1-6,8-11,13-16,25-28,37H,7,12,17-20,33H2,(H,34,39)(H,35,38)(H,41,42). The molecule has 1 fully saturated rings. The fraction of sp³-hybridized carbons (Fsp3) is 0.312. The third-order valence-corrected chi connectivity index (χ3v) is 7.36. The van der Waals surface area contributed by atoms with Crippen LogP contribution in [0.2, 0.25) is 0 Å². The highest BCUT2D eigenvalue weighted by Crippen LogP contribution is 2.20. The van der Waals surface area contributed by atoms with Crippen molar-refractivity contribution in [3.8, 4) is 5.75 Å². The fourth-order valence-corrected chi connectivity index (χ4v) is 5.14. The highest BCUT2D eigenvalue weighted by atomic mass is 16.4. The number of benzene rings is 3. The van der Waals surface area contributed by atoms with Gasteiger partial charge in [0, 0.05) is 19.4 Å². The van der Waals surface area contributed by atoms with Gasteiger partial charge in [-0.1, -0.05) is 72.8 Å². The van der Waals surface area contributed by atoms with Gasteiger partial charge in [0.1, 0.15) is 23.9 Å². The largest absolute Gasteiger partial charge is 0.508 e. The second kappa shape index (κ2) is 14.3. The molecule has 0 radical (unpaired) electrons. The lowest BCUT2D eigenvalue weighted by atomic mass is 10.0. The summed E-state index contributed by atoms with van der Waals surface area (Å²) >= 11 is 0. The Balaban J connectivity index is 1.47. The molecule has 0 spiro atoms. The Morgan fingerprint density at radius 3 is 1.93 bits per heavy atom. The second-order valence-corrected chi connectivity index (χ2v) is 10.5. The van der Waals surface area contributed by atoms with E-state index in [9.17, 15) is 29.4 Å². The van der Waals surface area contributed by atoms with Crippen LogP contribution in [0.15, 0.2) is 84.9 Å². The van der Waals surface area contributed by atoms with Crippen molar-refractivity contribution in [1.82, 2.24) is 15.5 Å². The Kier molecular flexibility index (Phi) is 10.3. The predicted molar refractivity (Wildman–Crippen MR) is 156 cm³/mol. The van der Waals surface area contributed by atoms with E-state index in [1.807, 2.05) is 60.7 Å². The SMILES string of the molecule is NC(Cc1ccccc1)C(=O)N1CCCC1C(=O)NC(Cc1ccccc1)C(=O)NC(Cc1ccc(O)cc1)C(=O)O. The average molecular weight is 573 g/mol.